The lowest BCUT2D eigenvalue weighted by Crippen LogP contribution is -2.60. The number of H-pyrrole nitrogens is 2. The number of carboxylic acids is 1. The largest absolute Gasteiger partial charge is 0.477 e. The predicted octanol–water partition coefficient (Wildman–Crippen LogP) is 2.44. The zero-order valence-corrected chi connectivity index (χ0v) is 12.9. The van der Waals surface area contributed by atoms with Crippen molar-refractivity contribution in [1.82, 2.24) is 9.97 Å². The maximum atomic E-state index is 11.8. The van der Waals surface area contributed by atoms with E-state index in [0.717, 1.165) is 5.69 Å². The van der Waals surface area contributed by atoms with Crippen molar-refractivity contribution in [1.29, 1.82) is 0 Å². The molecule has 21 heavy (non-hydrogen) atoms. The molecule has 0 radical (unpaired) electrons. The molecular weight excluding hydrogens is 286 g/mol. The summed E-state index contributed by atoms with van der Waals surface area (Å²) in [5, 5.41) is 9.69. The molecule has 0 bridgehead atoms. The molecule has 1 aromatic heterocycles. The molecule has 3 N–H and O–H groups in total. The molecule has 0 fully saturated rings. The maximum Gasteiger partial charge on any atom is 0.363 e. The number of carboxylic acid groups (broad SMARTS) is 1. The van der Waals surface area contributed by atoms with Crippen molar-refractivity contribution in [2.45, 2.75) is 12.5 Å². The van der Waals surface area contributed by atoms with Gasteiger partial charge in [-0.25, -0.2) is 4.79 Å². The van der Waals surface area contributed by atoms with Crippen LogP contribution in [0.5, 0.6) is 0 Å². The van der Waals surface area contributed by atoms with Crippen LogP contribution in [0, 0.1) is 4.77 Å². The number of rotatable bonds is 10. The number of hydrogen-bond donors (Lipinski definition) is 3. The third-order valence-electron chi connectivity index (χ3n) is 3.49. The van der Waals surface area contributed by atoms with E-state index in [2.05, 4.69) is 29.7 Å². The van der Waals surface area contributed by atoms with Crippen molar-refractivity contribution in [2.24, 2.45) is 0 Å². The summed E-state index contributed by atoms with van der Waals surface area (Å²) in [4.78, 5) is 17.6. The Hall–Kier alpha value is -1.92. The van der Waals surface area contributed by atoms with Gasteiger partial charge in [-0.2, -0.15) is 0 Å². The third kappa shape index (κ3) is 4.27. The van der Waals surface area contributed by atoms with E-state index in [1.165, 1.54) is 0 Å². The summed E-state index contributed by atoms with van der Waals surface area (Å²) in [6, 6.07) is -0.638. The van der Waals surface area contributed by atoms with Gasteiger partial charge in [0, 0.05) is 11.9 Å². The number of hydrogen-bond acceptors (Lipinski definition) is 2. The first-order valence-electron chi connectivity index (χ1n) is 6.67. The highest BCUT2D eigenvalue weighted by molar-refractivity contribution is 7.71. The lowest BCUT2D eigenvalue weighted by atomic mass is 10.1. The van der Waals surface area contributed by atoms with Crippen LogP contribution in [-0.2, 0) is 11.2 Å². The predicted molar refractivity (Wildman–Crippen MR) is 86.6 cm³/mol. The highest BCUT2D eigenvalue weighted by Gasteiger charge is 2.39. The number of aliphatic carboxylic acids is 1. The zero-order valence-electron chi connectivity index (χ0n) is 12.0. The number of quaternary nitrogens is 1. The van der Waals surface area contributed by atoms with Gasteiger partial charge in [-0.05, 0) is 30.4 Å². The number of aromatic nitrogens is 2. The lowest BCUT2D eigenvalue weighted by molar-refractivity contribution is -0.927. The van der Waals surface area contributed by atoms with E-state index in [4.69, 9.17) is 12.2 Å². The summed E-state index contributed by atoms with van der Waals surface area (Å²) in [6.07, 6.45) is 7.27. The first-order chi connectivity index (χ1) is 9.99. The topological polar surface area (TPSA) is 68.9 Å². The quantitative estimate of drug-likeness (QED) is 0.353. The summed E-state index contributed by atoms with van der Waals surface area (Å²) in [5.74, 6) is -0.860. The van der Waals surface area contributed by atoms with E-state index >= 15 is 0 Å². The monoisotopic (exact) mass is 308 g/mol. The Morgan fingerprint density at radius 3 is 2.14 bits per heavy atom. The Labute approximate surface area is 129 Å². The van der Waals surface area contributed by atoms with E-state index in [0.29, 0.717) is 35.3 Å². The van der Waals surface area contributed by atoms with Crippen LogP contribution in [0.2, 0.25) is 0 Å². The molecule has 0 aliphatic heterocycles. The molecular formula is C15H22N3O2S+. The van der Waals surface area contributed by atoms with E-state index in [9.17, 15) is 9.90 Å². The second kappa shape index (κ2) is 7.75. The molecule has 114 valence electrons. The van der Waals surface area contributed by atoms with Gasteiger partial charge in [0.1, 0.15) is 0 Å². The first-order valence-corrected chi connectivity index (χ1v) is 7.07. The van der Waals surface area contributed by atoms with E-state index in [-0.39, 0.29) is 0 Å². The molecule has 0 aromatic carbocycles. The van der Waals surface area contributed by atoms with Gasteiger partial charge in [-0.3, -0.25) is 0 Å². The summed E-state index contributed by atoms with van der Waals surface area (Å²) >= 11 is 4.99. The minimum absolute atomic E-state index is 0.303. The first kappa shape index (κ1) is 17.1. The number of imidazole rings is 1. The van der Waals surface area contributed by atoms with Crippen molar-refractivity contribution < 1.29 is 14.4 Å². The van der Waals surface area contributed by atoms with Crippen molar-refractivity contribution in [3.8, 4) is 0 Å². The summed E-state index contributed by atoms with van der Waals surface area (Å²) in [7, 11) is 0. The molecule has 0 spiro atoms. The van der Waals surface area contributed by atoms with Crippen LogP contribution in [0.15, 0.2) is 44.2 Å². The highest BCUT2D eigenvalue weighted by Crippen LogP contribution is 2.19. The molecule has 0 aliphatic carbocycles. The highest BCUT2D eigenvalue weighted by atomic mass is 32.1. The van der Waals surface area contributed by atoms with Gasteiger partial charge in [0.05, 0.1) is 26.1 Å². The molecule has 1 heterocycles. The zero-order chi connectivity index (χ0) is 15.9. The molecule has 0 saturated carbocycles. The molecule has 5 nitrogen and oxygen atoms in total. The standard InChI is InChI=1S/C15H21N3O2S/c1-4-7-18(8-5-2,9-6-3)13(14(19)20)10-12-11-16-15(21)17-12/h4-6,11,13H,1-3,7-10H2,(H2-,16,17,19,20,21)/p+1. The number of carbonyl (C=O) groups is 1. The Bertz CT molecular complexity index is 547. The fraction of sp³-hybridized carbons (Fsp3) is 0.333. The van der Waals surface area contributed by atoms with Gasteiger partial charge < -0.3 is 19.6 Å². The van der Waals surface area contributed by atoms with Crippen LogP contribution in [-0.4, -0.2) is 51.2 Å². The van der Waals surface area contributed by atoms with Crippen LogP contribution in [0.3, 0.4) is 0 Å². The van der Waals surface area contributed by atoms with Crippen molar-refractivity contribution in [2.75, 3.05) is 19.6 Å². The molecule has 1 aromatic rings. The van der Waals surface area contributed by atoms with E-state index < -0.39 is 12.0 Å². The lowest BCUT2D eigenvalue weighted by Gasteiger charge is -2.40. The second-order valence-corrected chi connectivity index (χ2v) is 5.37. The van der Waals surface area contributed by atoms with Crippen LogP contribution >= 0.6 is 12.2 Å². The van der Waals surface area contributed by atoms with Gasteiger partial charge in [-0.15, -0.1) is 0 Å². The van der Waals surface area contributed by atoms with Gasteiger partial charge in [0.25, 0.3) is 0 Å². The normalized spacial score (nSPS) is 12.6. The van der Waals surface area contributed by atoms with E-state index in [1.807, 2.05) is 0 Å². The average Bonchev–Trinajstić information content (AvgIpc) is 2.82. The summed E-state index contributed by atoms with van der Waals surface area (Å²) < 4.78 is 0.792. The van der Waals surface area contributed by atoms with Gasteiger partial charge in [0.2, 0.25) is 0 Å². The molecule has 0 aliphatic rings. The summed E-state index contributed by atoms with van der Waals surface area (Å²) in [5.41, 5.74) is 0.770. The Balaban J connectivity index is 3.19. The van der Waals surface area contributed by atoms with Gasteiger partial charge in [0.15, 0.2) is 10.8 Å². The van der Waals surface area contributed by atoms with Crippen LogP contribution < -0.4 is 0 Å². The fourth-order valence-electron chi connectivity index (χ4n) is 2.58. The smallest absolute Gasteiger partial charge is 0.363 e. The van der Waals surface area contributed by atoms with E-state index in [1.54, 1.807) is 24.4 Å². The van der Waals surface area contributed by atoms with Crippen LogP contribution in [0.25, 0.3) is 0 Å². The molecule has 1 unspecified atom stereocenters. The molecule has 6 heteroatoms. The van der Waals surface area contributed by atoms with Crippen LogP contribution in [0.4, 0.5) is 0 Å². The summed E-state index contributed by atoms with van der Waals surface area (Å²) in [6.45, 7) is 12.8. The molecule has 0 saturated heterocycles. The van der Waals surface area contributed by atoms with Crippen molar-refractivity contribution in [3.05, 3.63) is 54.6 Å². The maximum absolute atomic E-state index is 11.8. The van der Waals surface area contributed by atoms with Crippen LogP contribution in [0.1, 0.15) is 5.69 Å². The second-order valence-electron chi connectivity index (χ2n) is 4.96. The average molecular weight is 308 g/mol. The SMILES string of the molecule is C=CC[N+](CC=C)(CC=C)C(Cc1c[nH]c(=S)[nH]1)C(=O)O. The number of nitrogens with zero attached hydrogens (tertiary/aromatic N) is 1. The molecule has 0 amide bonds. The minimum atomic E-state index is -0.860. The molecule has 1 atom stereocenters. The minimum Gasteiger partial charge on any atom is -0.477 e. The Morgan fingerprint density at radius 2 is 1.81 bits per heavy atom. The Morgan fingerprint density at radius 1 is 1.29 bits per heavy atom. The van der Waals surface area contributed by atoms with Gasteiger partial charge >= 0.3 is 5.97 Å². The number of nitrogens with one attached hydrogen (secondary N) is 2. The fourth-order valence-corrected chi connectivity index (χ4v) is 2.77. The third-order valence-corrected chi connectivity index (χ3v) is 3.71. The Kier molecular flexibility index (Phi) is 6.33. The number of aromatic amines is 2. The van der Waals surface area contributed by atoms with Crippen molar-refractivity contribution in [3.63, 3.8) is 0 Å². The van der Waals surface area contributed by atoms with Crippen molar-refractivity contribution >= 4 is 18.2 Å². The molecule has 1 rings (SSSR count). The van der Waals surface area contributed by atoms with Gasteiger partial charge in [-0.1, -0.05) is 19.7 Å².